The van der Waals surface area contributed by atoms with E-state index in [-0.39, 0.29) is 18.4 Å². The third-order valence-corrected chi connectivity index (χ3v) is 5.03. The summed E-state index contributed by atoms with van der Waals surface area (Å²) in [5, 5.41) is 9.57. The number of carboxylic acids is 1. The van der Waals surface area contributed by atoms with Crippen molar-refractivity contribution in [3.8, 4) is 0 Å². The molecule has 2 rings (SSSR count). The first kappa shape index (κ1) is 18.5. The van der Waals surface area contributed by atoms with Crippen molar-refractivity contribution in [3.05, 3.63) is 35.9 Å². The first-order valence-electron chi connectivity index (χ1n) is 8.67. The molecule has 1 aromatic rings. The van der Waals surface area contributed by atoms with Gasteiger partial charge in [0.2, 0.25) is 5.91 Å². The molecule has 0 bridgehead atoms. The molecule has 3 N–H and O–H groups in total. The van der Waals surface area contributed by atoms with Crippen molar-refractivity contribution >= 4 is 11.9 Å². The molecule has 2 atom stereocenters. The summed E-state index contributed by atoms with van der Waals surface area (Å²) in [5.41, 5.74) is 6.06. The van der Waals surface area contributed by atoms with Gasteiger partial charge in [-0.3, -0.25) is 9.59 Å². The number of nitrogens with two attached hydrogens (primary N) is 1. The van der Waals surface area contributed by atoms with Gasteiger partial charge in [0, 0.05) is 19.6 Å². The predicted octanol–water partition coefficient (Wildman–Crippen LogP) is 2.15. The molecule has 1 heterocycles. The Kier molecular flexibility index (Phi) is 5.99. The molecule has 5 nitrogen and oxygen atoms in total. The van der Waals surface area contributed by atoms with E-state index in [0.717, 1.165) is 6.42 Å². The zero-order chi connectivity index (χ0) is 17.7. The molecule has 0 aromatic heterocycles. The minimum absolute atomic E-state index is 0.000316. The fraction of sp³-hybridized carbons (Fsp3) is 0.579. The summed E-state index contributed by atoms with van der Waals surface area (Å²) in [5.74, 6) is -1.56. The van der Waals surface area contributed by atoms with E-state index in [1.807, 2.05) is 49.1 Å². The summed E-state index contributed by atoms with van der Waals surface area (Å²) in [6.45, 7) is 5.29. The van der Waals surface area contributed by atoms with Crippen molar-refractivity contribution in [2.45, 2.75) is 33.1 Å². The quantitative estimate of drug-likeness (QED) is 0.764. The maximum Gasteiger partial charge on any atom is 0.308 e. The van der Waals surface area contributed by atoms with E-state index >= 15 is 0 Å². The lowest BCUT2D eigenvalue weighted by molar-refractivity contribution is -0.154. The lowest BCUT2D eigenvalue weighted by Crippen LogP contribution is -2.47. The van der Waals surface area contributed by atoms with Crippen LogP contribution in [0.4, 0.5) is 0 Å². The highest BCUT2D eigenvalue weighted by molar-refractivity contribution is 5.90. The van der Waals surface area contributed by atoms with Gasteiger partial charge in [0.1, 0.15) is 0 Å². The van der Waals surface area contributed by atoms with Gasteiger partial charge >= 0.3 is 5.97 Å². The minimum atomic E-state index is -0.962. The van der Waals surface area contributed by atoms with Crippen molar-refractivity contribution in [1.29, 1.82) is 0 Å². The van der Waals surface area contributed by atoms with Gasteiger partial charge in [-0.1, -0.05) is 44.2 Å². The molecule has 0 saturated carbocycles. The van der Waals surface area contributed by atoms with Crippen molar-refractivity contribution in [1.82, 2.24) is 4.90 Å². The van der Waals surface area contributed by atoms with E-state index in [1.54, 1.807) is 0 Å². The van der Waals surface area contributed by atoms with Crippen LogP contribution in [-0.2, 0) is 16.0 Å². The zero-order valence-corrected chi connectivity index (χ0v) is 14.6. The molecule has 5 heteroatoms. The maximum atomic E-state index is 13.1. The summed E-state index contributed by atoms with van der Waals surface area (Å²) in [6.07, 6.45) is 1.93. The van der Waals surface area contributed by atoms with E-state index in [0.29, 0.717) is 25.9 Å². The van der Waals surface area contributed by atoms with Gasteiger partial charge in [-0.05, 0) is 30.7 Å². The number of likely N-dealkylation sites (tertiary alicyclic amines) is 1. The molecule has 1 aliphatic heterocycles. The second-order valence-electron chi connectivity index (χ2n) is 7.16. The predicted molar refractivity (Wildman–Crippen MR) is 93.4 cm³/mol. The third kappa shape index (κ3) is 3.78. The fourth-order valence-electron chi connectivity index (χ4n) is 3.93. The van der Waals surface area contributed by atoms with Gasteiger partial charge in [0.15, 0.2) is 0 Å². The van der Waals surface area contributed by atoms with Crippen LogP contribution in [0.25, 0.3) is 0 Å². The molecule has 24 heavy (non-hydrogen) atoms. The van der Waals surface area contributed by atoms with E-state index in [9.17, 15) is 14.7 Å². The first-order chi connectivity index (χ1) is 11.4. The molecular formula is C19H28N2O3. The van der Waals surface area contributed by atoms with Crippen molar-refractivity contribution < 1.29 is 14.7 Å². The summed E-state index contributed by atoms with van der Waals surface area (Å²) in [6, 6.07) is 10.0. The Morgan fingerprint density at radius 1 is 1.33 bits per heavy atom. The highest BCUT2D eigenvalue weighted by Crippen LogP contribution is 2.44. The minimum Gasteiger partial charge on any atom is -0.481 e. The van der Waals surface area contributed by atoms with Gasteiger partial charge in [-0.15, -0.1) is 0 Å². The highest BCUT2D eigenvalue weighted by atomic mass is 16.4. The molecular weight excluding hydrogens is 304 g/mol. The van der Waals surface area contributed by atoms with E-state index < -0.39 is 17.3 Å². The largest absolute Gasteiger partial charge is 0.481 e. The van der Waals surface area contributed by atoms with E-state index in [4.69, 9.17) is 5.73 Å². The summed E-state index contributed by atoms with van der Waals surface area (Å²) in [4.78, 5) is 26.6. The van der Waals surface area contributed by atoms with Gasteiger partial charge in [-0.25, -0.2) is 0 Å². The summed E-state index contributed by atoms with van der Waals surface area (Å²) in [7, 11) is 0. The number of rotatable bonds is 8. The van der Waals surface area contributed by atoms with Gasteiger partial charge in [0.05, 0.1) is 11.3 Å². The van der Waals surface area contributed by atoms with Crippen LogP contribution in [0, 0.1) is 17.3 Å². The molecule has 0 radical (unpaired) electrons. The number of benzene rings is 1. The summed E-state index contributed by atoms with van der Waals surface area (Å²) < 4.78 is 0. The Bertz CT molecular complexity index is 573. The number of carboxylic acid groups (broad SMARTS) is 1. The topological polar surface area (TPSA) is 83.6 Å². The number of aliphatic carboxylic acids is 1. The van der Waals surface area contributed by atoms with E-state index in [2.05, 4.69) is 0 Å². The van der Waals surface area contributed by atoms with Gasteiger partial charge < -0.3 is 15.7 Å². The van der Waals surface area contributed by atoms with Crippen LogP contribution >= 0.6 is 0 Å². The average Bonchev–Trinajstić information content (AvgIpc) is 2.83. The van der Waals surface area contributed by atoms with Crippen LogP contribution in [0.2, 0.25) is 0 Å². The third-order valence-electron chi connectivity index (χ3n) is 5.03. The average molecular weight is 332 g/mol. The molecule has 1 saturated heterocycles. The Labute approximate surface area is 143 Å². The maximum absolute atomic E-state index is 13.1. The van der Waals surface area contributed by atoms with Crippen LogP contribution < -0.4 is 5.73 Å². The van der Waals surface area contributed by atoms with Gasteiger partial charge in [-0.2, -0.15) is 0 Å². The standard InChI is InChI=1S/C19H28N2O3/c1-14(2)12-19(16(13-20)17(22)23)9-11-21(18(19)24)10-8-15-6-4-3-5-7-15/h3-7,14,16H,8-13,20H2,1-2H3,(H,22,23). The van der Waals surface area contributed by atoms with Crippen LogP contribution in [-0.4, -0.2) is 41.5 Å². The van der Waals surface area contributed by atoms with Crippen molar-refractivity contribution in [2.24, 2.45) is 23.0 Å². The normalized spacial score (nSPS) is 22.2. The second kappa shape index (κ2) is 7.79. The first-order valence-corrected chi connectivity index (χ1v) is 8.67. The molecule has 1 amide bonds. The van der Waals surface area contributed by atoms with Crippen LogP contribution in [0.15, 0.2) is 30.3 Å². The van der Waals surface area contributed by atoms with Crippen LogP contribution in [0.5, 0.6) is 0 Å². The molecule has 0 aliphatic carbocycles. The SMILES string of the molecule is CC(C)CC1(C(CN)C(=O)O)CCN(CCc2ccccc2)C1=O. The molecule has 1 aromatic carbocycles. The monoisotopic (exact) mass is 332 g/mol. The lowest BCUT2D eigenvalue weighted by Gasteiger charge is -2.34. The van der Waals surface area contributed by atoms with E-state index in [1.165, 1.54) is 5.56 Å². The van der Waals surface area contributed by atoms with Crippen molar-refractivity contribution in [2.75, 3.05) is 19.6 Å². The molecule has 2 unspecified atom stereocenters. The lowest BCUT2D eigenvalue weighted by atomic mass is 9.69. The molecule has 0 spiro atoms. The number of nitrogens with zero attached hydrogens (tertiary/aromatic N) is 1. The number of amides is 1. The number of hydrogen-bond donors (Lipinski definition) is 2. The summed E-state index contributed by atoms with van der Waals surface area (Å²) >= 11 is 0. The van der Waals surface area contributed by atoms with Crippen molar-refractivity contribution in [3.63, 3.8) is 0 Å². The number of carbonyl (C=O) groups excluding carboxylic acids is 1. The Morgan fingerprint density at radius 2 is 2.00 bits per heavy atom. The Morgan fingerprint density at radius 3 is 2.54 bits per heavy atom. The van der Waals surface area contributed by atoms with Crippen LogP contribution in [0.3, 0.4) is 0 Å². The number of carbonyl (C=O) groups is 2. The van der Waals surface area contributed by atoms with Crippen LogP contribution in [0.1, 0.15) is 32.3 Å². The second-order valence-corrected chi connectivity index (χ2v) is 7.16. The fourth-order valence-corrected chi connectivity index (χ4v) is 3.93. The highest BCUT2D eigenvalue weighted by Gasteiger charge is 2.53. The zero-order valence-electron chi connectivity index (χ0n) is 14.6. The van der Waals surface area contributed by atoms with Gasteiger partial charge in [0.25, 0.3) is 0 Å². The smallest absolute Gasteiger partial charge is 0.308 e. The molecule has 1 aliphatic rings. The molecule has 1 fully saturated rings. The molecule has 132 valence electrons. The Balaban J connectivity index is 2.15. The number of hydrogen-bond acceptors (Lipinski definition) is 3. The Hall–Kier alpha value is -1.88.